The molecule has 35 heavy (non-hydrogen) atoms. The summed E-state index contributed by atoms with van der Waals surface area (Å²) >= 11 is 0. The highest BCUT2D eigenvalue weighted by atomic mass is 16.7. The Balaban J connectivity index is 2.89. The van der Waals surface area contributed by atoms with E-state index in [0.717, 1.165) is 0 Å². The molecule has 12 nitrogen and oxygen atoms in total. The largest absolute Gasteiger partial charge is 0.513 e. The molecule has 0 saturated carbocycles. The third-order valence-electron chi connectivity index (χ3n) is 4.43. The Bertz CT molecular complexity index is 843. The molecule has 1 rings (SSSR count). The van der Waals surface area contributed by atoms with Gasteiger partial charge >= 0.3 is 24.4 Å². The molecule has 2 atom stereocenters. The second-order valence-corrected chi connectivity index (χ2v) is 7.02. The Hall–Kier alpha value is -3.54. The summed E-state index contributed by atoms with van der Waals surface area (Å²) in [5.74, 6) is -0.739. The van der Waals surface area contributed by atoms with Crippen LogP contribution in [0.4, 0.5) is 14.4 Å². The maximum Gasteiger partial charge on any atom is 0.513 e. The summed E-state index contributed by atoms with van der Waals surface area (Å²) < 4.78 is 34.6. The zero-order chi connectivity index (χ0) is 26.2. The number of nitrogens with one attached hydrogen (secondary N) is 1. The van der Waals surface area contributed by atoms with Crippen molar-refractivity contribution in [1.29, 1.82) is 0 Å². The van der Waals surface area contributed by atoms with Crippen LogP contribution in [0.3, 0.4) is 0 Å². The summed E-state index contributed by atoms with van der Waals surface area (Å²) in [7, 11) is 1.24. The Kier molecular flexibility index (Phi) is 13.6. The van der Waals surface area contributed by atoms with Gasteiger partial charge < -0.3 is 38.5 Å². The van der Waals surface area contributed by atoms with Crippen LogP contribution in [0.1, 0.15) is 39.7 Å². The van der Waals surface area contributed by atoms with Crippen molar-refractivity contribution < 1.29 is 52.3 Å². The van der Waals surface area contributed by atoms with Gasteiger partial charge in [0.1, 0.15) is 18.8 Å². The van der Waals surface area contributed by atoms with E-state index in [1.807, 2.05) is 6.92 Å². The molecule has 0 aliphatic heterocycles. The maximum atomic E-state index is 12.3. The molecule has 12 heteroatoms. The molecule has 0 spiro atoms. The van der Waals surface area contributed by atoms with Crippen molar-refractivity contribution >= 4 is 24.4 Å². The molecule has 1 unspecified atom stereocenters. The van der Waals surface area contributed by atoms with Crippen LogP contribution >= 0.6 is 0 Å². The van der Waals surface area contributed by atoms with E-state index in [1.54, 1.807) is 26.8 Å². The quantitative estimate of drug-likeness (QED) is 0.184. The van der Waals surface area contributed by atoms with E-state index < -0.39 is 30.5 Å². The van der Waals surface area contributed by atoms with E-state index in [2.05, 4.69) is 5.32 Å². The van der Waals surface area contributed by atoms with Crippen LogP contribution in [0.2, 0.25) is 0 Å². The molecule has 0 bridgehead atoms. The van der Waals surface area contributed by atoms with E-state index in [9.17, 15) is 19.2 Å². The van der Waals surface area contributed by atoms with Crippen molar-refractivity contribution in [1.82, 2.24) is 5.32 Å². The van der Waals surface area contributed by atoms with E-state index in [0.29, 0.717) is 12.0 Å². The molecule has 0 aliphatic carbocycles. The molecule has 0 amide bonds. The molecule has 196 valence electrons. The fourth-order valence-corrected chi connectivity index (χ4v) is 2.58. The molecule has 0 aliphatic rings. The Morgan fingerprint density at radius 1 is 0.886 bits per heavy atom. The van der Waals surface area contributed by atoms with Gasteiger partial charge in [-0.3, -0.25) is 4.79 Å². The minimum atomic E-state index is -0.998. The first-order valence-corrected chi connectivity index (χ1v) is 11.2. The highest BCUT2D eigenvalue weighted by Crippen LogP contribution is 2.30. The van der Waals surface area contributed by atoms with E-state index >= 15 is 0 Å². The second kappa shape index (κ2) is 16.1. The van der Waals surface area contributed by atoms with Crippen LogP contribution < -0.4 is 14.8 Å². The van der Waals surface area contributed by atoms with Crippen molar-refractivity contribution in [3.05, 3.63) is 23.8 Å². The summed E-state index contributed by atoms with van der Waals surface area (Å²) in [6, 6.07) is 3.57. The lowest BCUT2D eigenvalue weighted by atomic mass is 10.1. The Morgan fingerprint density at radius 3 is 2.09 bits per heavy atom. The third kappa shape index (κ3) is 11.4. The molecule has 0 radical (unpaired) electrons. The van der Waals surface area contributed by atoms with E-state index in [4.69, 9.17) is 33.2 Å². The summed E-state index contributed by atoms with van der Waals surface area (Å²) in [4.78, 5) is 47.4. The maximum absolute atomic E-state index is 12.3. The minimum absolute atomic E-state index is 0.0354. The number of benzene rings is 1. The molecule has 0 fully saturated rings. The monoisotopic (exact) mass is 499 g/mol. The van der Waals surface area contributed by atoms with Gasteiger partial charge in [0.05, 0.1) is 20.3 Å². The van der Waals surface area contributed by atoms with Crippen LogP contribution in [0, 0.1) is 0 Å². The molecule has 0 saturated heterocycles. The number of rotatable bonds is 13. The van der Waals surface area contributed by atoms with Crippen molar-refractivity contribution in [3.8, 4) is 11.5 Å². The van der Waals surface area contributed by atoms with Crippen LogP contribution in [-0.2, 0) is 34.9 Å². The third-order valence-corrected chi connectivity index (χ3v) is 4.43. The van der Waals surface area contributed by atoms with Gasteiger partial charge in [0.2, 0.25) is 0 Å². The van der Waals surface area contributed by atoms with Crippen LogP contribution in [-0.4, -0.2) is 70.1 Å². The van der Waals surface area contributed by atoms with E-state index in [-0.39, 0.29) is 50.4 Å². The number of hydrogen-bond acceptors (Lipinski definition) is 12. The predicted molar refractivity (Wildman–Crippen MR) is 121 cm³/mol. The molecule has 1 aromatic carbocycles. The van der Waals surface area contributed by atoms with Crippen molar-refractivity contribution in [2.45, 2.75) is 52.7 Å². The molecule has 0 aromatic heterocycles. The molecular formula is C23H33NO11. The highest BCUT2D eigenvalue weighted by Gasteiger charge is 2.22. The van der Waals surface area contributed by atoms with E-state index in [1.165, 1.54) is 19.2 Å². The second-order valence-electron chi connectivity index (χ2n) is 7.02. The first-order chi connectivity index (χ1) is 16.7. The van der Waals surface area contributed by atoms with Gasteiger partial charge in [0.15, 0.2) is 11.5 Å². The normalized spacial score (nSPS) is 12.0. The topological polar surface area (TPSA) is 145 Å². The SMILES string of the molecule is CCOC(=O)Oc1ccc(C[C@H](NCCOC(=O)OC(C)CC)C(=O)OC)cc1OC(=O)OCC. The number of hydrogen-bond donors (Lipinski definition) is 1. The number of esters is 1. The molecular weight excluding hydrogens is 466 g/mol. The fraction of sp³-hybridized carbons (Fsp3) is 0.565. The van der Waals surface area contributed by atoms with Crippen molar-refractivity contribution in [3.63, 3.8) is 0 Å². The molecule has 1 N–H and O–H groups in total. The van der Waals surface area contributed by atoms with Crippen LogP contribution in [0.25, 0.3) is 0 Å². The van der Waals surface area contributed by atoms with Crippen molar-refractivity contribution in [2.24, 2.45) is 0 Å². The lowest BCUT2D eigenvalue weighted by Crippen LogP contribution is -2.41. The average molecular weight is 500 g/mol. The number of methoxy groups -OCH3 is 1. The number of carbonyl (C=O) groups is 4. The number of ether oxygens (including phenoxy) is 7. The lowest BCUT2D eigenvalue weighted by molar-refractivity contribution is -0.143. The summed E-state index contributed by atoms with van der Waals surface area (Å²) in [5, 5.41) is 2.94. The van der Waals surface area contributed by atoms with Gasteiger partial charge in [-0.1, -0.05) is 13.0 Å². The Morgan fingerprint density at radius 2 is 1.51 bits per heavy atom. The van der Waals surface area contributed by atoms with Gasteiger partial charge in [-0.2, -0.15) is 0 Å². The van der Waals surface area contributed by atoms with Crippen molar-refractivity contribution in [2.75, 3.05) is 33.5 Å². The first-order valence-electron chi connectivity index (χ1n) is 11.2. The van der Waals surface area contributed by atoms with Crippen LogP contribution in [0.15, 0.2) is 18.2 Å². The zero-order valence-electron chi connectivity index (χ0n) is 20.6. The summed E-state index contributed by atoms with van der Waals surface area (Å²) in [5.41, 5.74) is 0.542. The first kappa shape index (κ1) is 29.5. The lowest BCUT2D eigenvalue weighted by Gasteiger charge is -2.18. The summed E-state index contributed by atoms with van der Waals surface area (Å²) in [6.45, 7) is 7.12. The summed E-state index contributed by atoms with van der Waals surface area (Å²) in [6.07, 6.45) is -2.27. The minimum Gasteiger partial charge on any atom is -0.468 e. The Labute approximate surface area is 204 Å². The predicted octanol–water partition coefficient (Wildman–Crippen LogP) is 3.38. The van der Waals surface area contributed by atoms with Gasteiger partial charge in [-0.05, 0) is 51.3 Å². The van der Waals surface area contributed by atoms with Gasteiger partial charge in [0.25, 0.3) is 0 Å². The van der Waals surface area contributed by atoms with Gasteiger partial charge in [0, 0.05) is 6.54 Å². The fourth-order valence-electron chi connectivity index (χ4n) is 2.58. The van der Waals surface area contributed by atoms with Gasteiger partial charge in [-0.25, -0.2) is 14.4 Å². The smallest absolute Gasteiger partial charge is 0.468 e. The standard InChI is InChI=1S/C23H33NO11/c1-6-15(4)33-23(28)32-12-11-24-17(20(25)29-5)13-16-9-10-18(34-21(26)30-7-2)19(14-16)35-22(27)31-8-3/h9-10,14-15,17,24H,6-8,11-13H2,1-5H3/t15?,17-/m0/s1. The molecule has 0 heterocycles. The molecule has 1 aromatic rings. The van der Waals surface area contributed by atoms with Gasteiger partial charge in [-0.15, -0.1) is 0 Å². The zero-order valence-corrected chi connectivity index (χ0v) is 20.6. The highest BCUT2D eigenvalue weighted by molar-refractivity contribution is 5.76. The average Bonchev–Trinajstić information content (AvgIpc) is 2.82. The van der Waals surface area contributed by atoms with Crippen LogP contribution in [0.5, 0.6) is 11.5 Å². The number of carbonyl (C=O) groups excluding carboxylic acids is 4.